The van der Waals surface area contributed by atoms with E-state index < -0.39 is 22.8 Å². The molecule has 0 radical (unpaired) electrons. The molecule has 0 aliphatic carbocycles. The molecule has 18 heavy (non-hydrogen) atoms. The van der Waals surface area contributed by atoms with Crippen LogP contribution in [0.3, 0.4) is 0 Å². The van der Waals surface area contributed by atoms with E-state index in [2.05, 4.69) is 15.9 Å². The molecule has 2 aromatic carbocycles. The molecule has 0 amide bonds. The molecule has 2 rings (SSSR count). The lowest BCUT2D eigenvalue weighted by Crippen LogP contribution is -1.98. The number of halogens is 5. The first-order valence-corrected chi connectivity index (χ1v) is 6.25. The highest BCUT2D eigenvalue weighted by Crippen LogP contribution is 2.32. The maximum Gasteiger partial charge on any atom is 0.131 e. The topological polar surface area (TPSA) is 0 Å². The van der Waals surface area contributed by atoms with Gasteiger partial charge >= 0.3 is 0 Å². The Labute approximate surface area is 116 Å². The van der Waals surface area contributed by atoms with Crippen LogP contribution in [0.4, 0.5) is 13.2 Å². The minimum atomic E-state index is -0.877. The Kier molecular flexibility index (Phi) is 3.97. The van der Waals surface area contributed by atoms with Gasteiger partial charge < -0.3 is 0 Å². The number of rotatable bonds is 2. The Bertz CT molecular complexity index is 566. The van der Waals surface area contributed by atoms with Crippen molar-refractivity contribution >= 4 is 27.5 Å². The minimum Gasteiger partial charge on any atom is -0.207 e. The van der Waals surface area contributed by atoms with E-state index in [0.29, 0.717) is 10.0 Å². The predicted molar refractivity (Wildman–Crippen MR) is 68.2 cm³/mol. The van der Waals surface area contributed by atoms with E-state index in [1.165, 1.54) is 18.2 Å². The second-order valence-electron chi connectivity index (χ2n) is 3.73. The highest BCUT2D eigenvalue weighted by Gasteiger charge is 2.17. The molecular weight excluding hydrogens is 328 g/mol. The fraction of sp³-hybridized carbons (Fsp3) is 0.0769. The Balaban J connectivity index is 2.44. The fourth-order valence-electron chi connectivity index (χ4n) is 1.61. The summed E-state index contributed by atoms with van der Waals surface area (Å²) in [5.74, 6) is -1.91. The fourth-order valence-corrected chi connectivity index (χ4v) is 2.39. The molecular formula is C13H7BrClF3. The smallest absolute Gasteiger partial charge is 0.131 e. The maximum atomic E-state index is 13.6. The zero-order valence-electron chi connectivity index (χ0n) is 8.93. The van der Waals surface area contributed by atoms with Crippen molar-refractivity contribution in [2.24, 2.45) is 0 Å². The largest absolute Gasteiger partial charge is 0.207 e. The lowest BCUT2D eigenvalue weighted by atomic mass is 10.0. The third kappa shape index (κ3) is 2.87. The normalized spacial score (nSPS) is 12.5. The molecule has 0 aliphatic heterocycles. The highest BCUT2D eigenvalue weighted by atomic mass is 79.9. The summed E-state index contributed by atoms with van der Waals surface area (Å²) in [7, 11) is 0. The molecule has 2 aromatic rings. The third-order valence-electron chi connectivity index (χ3n) is 2.41. The van der Waals surface area contributed by atoms with Crippen molar-refractivity contribution in [3.63, 3.8) is 0 Å². The molecule has 0 aromatic heterocycles. The van der Waals surface area contributed by atoms with Gasteiger partial charge in [0, 0.05) is 16.1 Å². The molecule has 0 heterocycles. The van der Waals surface area contributed by atoms with Crippen LogP contribution in [0.15, 0.2) is 40.9 Å². The average molecular weight is 336 g/mol. The van der Waals surface area contributed by atoms with E-state index in [4.69, 9.17) is 11.6 Å². The highest BCUT2D eigenvalue weighted by molar-refractivity contribution is 9.10. The van der Waals surface area contributed by atoms with Gasteiger partial charge in [0.25, 0.3) is 0 Å². The van der Waals surface area contributed by atoms with E-state index in [1.54, 1.807) is 6.07 Å². The van der Waals surface area contributed by atoms with Gasteiger partial charge in [-0.1, -0.05) is 22.0 Å². The summed E-state index contributed by atoms with van der Waals surface area (Å²) in [6, 6.07) is 7.19. The van der Waals surface area contributed by atoms with Crippen molar-refractivity contribution in [1.29, 1.82) is 0 Å². The predicted octanol–water partition coefficient (Wildman–Crippen LogP) is 5.19. The van der Waals surface area contributed by atoms with Crippen LogP contribution < -0.4 is 0 Å². The summed E-state index contributed by atoms with van der Waals surface area (Å²) < 4.78 is 40.1. The Morgan fingerprint density at radius 1 is 0.944 bits per heavy atom. The molecule has 0 nitrogen and oxygen atoms in total. The zero-order valence-corrected chi connectivity index (χ0v) is 11.3. The summed E-state index contributed by atoms with van der Waals surface area (Å²) in [4.78, 5) is 0. The van der Waals surface area contributed by atoms with Crippen LogP contribution in [0, 0.1) is 17.5 Å². The van der Waals surface area contributed by atoms with Crippen molar-refractivity contribution in [1.82, 2.24) is 0 Å². The Hall–Kier alpha value is -1.00. The molecule has 0 saturated heterocycles. The van der Waals surface area contributed by atoms with Gasteiger partial charge in [-0.3, -0.25) is 0 Å². The number of alkyl halides is 1. The second kappa shape index (κ2) is 5.33. The van der Waals surface area contributed by atoms with Gasteiger partial charge in [-0.15, -0.1) is 11.6 Å². The summed E-state index contributed by atoms with van der Waals surface area (Å²) in [5, 5.41) is -0.877. The van der Waals surface area contributed by atoms with E-state index in [9.17, 15) is 13.2 Å². The molecule has 0 bridgehead atoms. The van der Waals surface area contributed by atoms with Gasteiger partial charge in [-0.05, 0) is 29.8 Å². The molecule has 0 N–H and O–H groups in total. The molecule has 0 fully saturated rings. The summed E-state index contributed by atoms with van der Waals surface area (Å²) in [6.07, 6.45) is 0. The van der Waals surface area contributed by atoms with Crippen molar-refractivity contribution < 1.29 is 13.2 Å². The van der Waals surface area contributed by atoms with Crippen LogP contribution in [-0.4, -0.2) is 0 Å². The van der Waals surface area contributed by atoms with Gasteiger partial charge in [-0.2, -0.15) is 0 Å². The maximum absolute atomic E-state index is 13.6. The molecule has 1 unspecified atom stereocenters. The van der Waals surface area contributed by atoms with Crippen LogP contribution in [0.5, 0.6) is 0 Å². The van der Waals surface area contributed by atoms with Crippen molar-refractivity contribution in [3.8, 4) is 0 Å². The molecule has 5 heteroatoms. The van der Waals surface area contributed by atoms with E-state index in [1.807, 2.05) is 0 Å². The van der Waals surface area contributed by atoms with Gasteiger partial charge in [0.2, 0.25) is 0 Å². The van der Waals surface area contributed by atoms with Gasteiger partial charge in [0.15, 0.2) is 0 Å². The lowest BCUT2D eigenvalue weighted by Gasteiger charge is -2.12. The van der Waals surface area contributed by atoms with Crippen molar-refractivity contribution in [3.05, 3.63) is 69.4 Å². The Morgan fingerprint density at radius 3 is 2.28 bits per heavy atom. The van der Waals surface area contributed by atoms with Crippen LogP contribution >= 0.6 is 27.5 Å². The van der Waals surface area contributed by atoms with Crippen molar-refractivity contribution in [2.75, 3.05) is 0 Å². The zero-order chi connectivity index (χ0) is 13.3. The van der Waals surface area contributed by atoms with Crippen LogP contribution in [-0.2, 0) is 0 Å². The van der Waals surface area contributed by atoms with Gasteiger partial charge in [-0.25, -0.2) is 13.2 Å². The molecule has 1 atom stereocenters. The molecule has 0 saturated carbocycles. The quantitative estimate of drug-likeness (QED) is 0.662. The summed E-state index contributed by atoms with van der Waals surface area (Å²) >= 11 is 9.21. The number of hydrogen-bond acceptors (Lipinski definition) is 0. The van der Waals surface area contributed by atoms with E-state index in [0.717, 1.165) is 12.1 Å². The average Bonchev–Trinajstić information content (AvgIpc) is 2.26. The Morgan fingerprint density at radius 2 is 1.67 bits per heavy atom. The lowest BCUT2D eigenvalue weighted by molar-refractivity contribution is 0.573. The minimum absolute atomic E-state index is 0.107. The molecule has 94 valence electrons. The summed E-state index contributed by atoms with van der Waals surface area (Å²) in [6.45, 7) is 0. The molecule has 0 spiro atoms. The monoisotopic (exact) mass is 334 g/mol. The van der Waals surface area contributed by atoms with Gasteiger partial charge in [0.05, 0.1) is 5.38 Å². The summed E-state index contributed by atoms with van der Waals surface area (Å²) in [5.41, 5.74) is 0.504. The van der Waals surface area contributed by atoms with Crippen LogP contribution in [0.2, 0.25) is 0 Å². The first kappa shape index (κ1) is 13.4. The van der Waals surface area contributed by atoms with E-state index in [-0.39, 0.29) is 5.56 Å². The first-order valence-electron chi connectivity index (χ1n) is 5.02. The van der Waals surface area contributed by atoms with Gasteiger partial charge in [0.1, 0.15) is 17.5 Å². The standard InChI is InChI=1S/C13H7BrClF3/c14-8-3-7(4-10(17)5-8)13(15)11-2-1-9(16)6-12(11)18/h1-6,13H. The SMILES string of the molecule is Fc1cc(Br)cc(C(Cl)c2ccc(F)cc2F)c1. The number of hydrogen-bond donors (Lipinski definition) is 0. The second-order valence-corrected chi connectivity index (χ2v) is 5.08. The molecule has 0 aliphatic rings. The van der Waals surface area contributed by atoms with Crippen molar-refractivity contribution in [2.45, 2.75) is 5.38 Å². The van der Waals surface area contributed by atoms with Crippen LogP contribution in [0.1, 0.15) is 16.5 Å². The third-order valence-corrected chi connectivity index (χ3v) is 3.36. The van der Waals surface area contributed by atoms with E-state index >= 15 is 0 Å². The first-order chi connectivity index (χ1) is 8.47. The number of benzene rings is 2. The van der Waals surface area contributed by atoms with Crippen LogP contribution in [0.25, 0.3) is 0 Å².